The van der Waals surface area contributed by atoms with Crippen LogP contribution >= 0.6 is 13.4 Å². The third kappa shape index (κ3) is 4.90. The fourth-order valence-corrected chi connectivity index (χ4v) is 7.98. The van der Waals surface area contributed by atoms with Crippen molar-refractivity contribution in [3.8, 4) is 0 Å². The molecule has 0 aromatic carbocycles. The van der Waals surface area contributed by atoms with Crippen LogP contribution in [0.15, 0.2) is 0 Å². The van der Waals surface area contributed by atoms with Crippen LogP contribution in [0, 0.1) is 10.8 Å². The summed E-state index contributed by atoms with van der Waals surface area (Å²) in [6.07, 6.45) is -1.35. The molecule has 0 radical (unpaired) electrons. The topological polar surface area (TPSA) is 73.8 Å². The van der Waals surface area contributed by atoms with E-state index in [-0.39, 0.29) is 35.2 Å². The zero-order chi connectivity index (χ0) is 20.2. The van der Waals surface area contributed by atoms with Crippen molar-refractivity contribution >= 4 is 37.1 Å². The minimum Gasteiger partial charge on any atom is -0.370 e. The van der Waals surface area contributed by atoms with Crippen LogP contribution in [-0.4, -0.2) is 64.1 Å². The van der Waals surface area contributed by atoms with Gasteiger partial charge in [-0.1, -0.05) is 27.7 Å². The molecule has 4 aliphatic heterocycles. The van der Waals surface area contributed by atoms with E-state index in [1.807, 2.05) is 0 Å². The lowest BCUT2D eigenvalue weighted by molar-refractivity contribution is -0.0279. The standard InChI is InChI=1S/C16H28O8P2S2/c1-15(2)7-19-25(27,20-8-15)23-11-5-17-14-12(6-18-13(11)14)24-26(28)21-9-16(3,4)10-22-26/h11-14H,5-10H2,1-4H3/t11-,12-,13?,14?/m1/s1. The highest BCUT2D eigenvalue weighted by molar-refractivity contribution is 8.07. The van der Waals surface area contributed by atoms with Gasteiger partial charge in [0.1, 0.15) is 24.4 Å². The first-order valence-corrected chi connectivity index (χ1v) is 14.5. The fourth-order valence-electron chi connectivity index (χ4n) is 3.24. The van der Waals surface area contributed by atoms with Gasteiger partial charge >= 0.3 is 13.4 Å². The van der Waals surface area contributed by atoms with Gasteiger partial charge in [0, 0.05) is 10.8 Å². The van der Waals surface area contributed by atoms with Gasteiger partial charge < -0.3 is 36.6 Å². The summed E-state index contributed by atoms with van der Waals surface area (Å²) in [4.78, 5) is 0. The number of rotatable bonds is 4. The maximum absolute atomic E-state index is 6.03. The third-order valence-corrected chi connectivity index (χ3v) is 9.57. The maximum atomic E-state index is 6.03. The number of fused-ring (bicyclic) bond motifs is 1. The monoisotopic (exact) mass is 474 g/mol. The SMILES string of the molecule is CC1(C)COP(=S)(O[C@@H]2COC3C2OC[C@H]3OP2(=S)OCC(C)(C)CO2)OC1. The van der Waals surface area contributed by atoms with Gasteiger partial charge in [0.25, 0.3) is 0 Å². The Morgan fingerprint density at radius 1 is 0.679 bits per heavy atom. The molecule has 0 aliphatic carbocycles. The van der Waals surface area contributed by atoms with Gasteiger partial charge in [-0.15, -0.1) is 0 Å². The summed E-state index contributed by atoms with van der Waals surface area (Å²) in [6.45, 7) is 5.33. The predicted octanol–water partition coefficient (Wildman–Crippen LogP) is 3.15. The van der Waals surface area contributed by atoms with E-state index in [2.05, 4.69) is 27.7 Å². The molecule has 4 saturated heterocycles. The van der Waals surface area contributed by atoms with E-state index in [0.717, 1.165) is 0 Å². The molecule has 8 nitrogen and oxygen atoms in total. The van der Waals surface area contributed by atoms with Crippen LogP contribution < -0.4 is 0 Å². The second-order valence-electron chi connectivity index (χ2n) is 9.20. The van der Waals surface area contributed by atoms with Crippen molar-refractivity contribution in [2.75, 3.05) is 39.6 Å². The molecule has 4 fully saturated rings. The Labute approximate surface area is 176 Å². The number of ether oxygens (including phenoxy) is 2. The molecule has 0 aromatic heterocycles. The molecule has 0 N–H and O–H groups in total. The van der Waals surface area contributed by atoms with Crippen LogP contribution in [0.3, 0.4) is 0 Å². The molecular formula is C16H28O8P2S2. The zero-order valence-corrected chi connectivity index (χ0v) is 20.0. The zero-order valence-electron chi connectivity index (χ0n) is 16.5. The summed E-state index contributed by atoms with van der Waals surface area (Å²) in [5, 5.41) is 0. The largest absolute Gasteiger partial charge is 0.370 e. The first kappa shape index (κ1) is 22.2. The van der Waals surface area contributed by atoms with Crippen LogP contribution in [0.2, 0.25) is 0 Å². The Kier molecular flexibility index (Phi) is 6.21. The first-order valence-electron chi connectivity index (χ1n) is 9.37. The Hall–Kier alpha value is 0.980. The van der Waals surface area contributed by atoms with E-state index >= 15 is 0 Å². The summed E-state index contributed by atoms with van der Waals surface area (Å²) >= 11 is 11.0. The highest BCUT2D eigenvalue weighted by Crippen LogP contribution is 2.59. The molecule has 0 saturated carbocycles. The van der Waals surface area contributed by atoms with Crippen LogP contribution in [0.4, 0.5) is 0 Å². The van der Waals surface area contributed by atoms with Gasteiger partial charge in [0.15, 0.2) is 0 Å². The first-order chi connectivity index (χ1) is 13.0. The highest BCUT2D eigenvalue weighted by atomic mass is 32.5. The fraction of sp³-hybridized carbons (Fsp3) is 1.00. The number of hydrogen-bond acceptors (Lipinski definition) is 10. The predicted molar refractivity (Wildman–Crippen MR) is 109 cm³/mol. The van der Waals surface area contributed by atoms with Crippen molar-refractivity contribution in [1.29, 1.82) is 0 Å². The van der Waals surface area contributed by atoms with Gasteiger partial charge in [-0.25, -0.2) is 0 Å². The lowest BCUT2D eigenvalue weighted by atomic mass is 9.97. The van der Waals surface area contributed by atoms with Crippen LogP contribution in [-0.2, 0) is 60.2 Å². The van der Waals surface area contributed by atoms with E-state index in [1.165, 1.54) is 0 Å². The Morgan fingerprint density at radius 2 is 1.00 bits per heavy atom. The van der Waals surface area contributed by atoms with Crippen LogP contribution in [0.25, 0.3) is 0 Å². The second kappa shape index (κ2) is 7.84. The molecule has 0 spiro atoms. The molecule has 0 aromatic rings. The lowest BCUT2D eigenvalue weighted by Crippen LogP contribution is -2.36. The highest BCUT2D eigenvalue weighted by Gasteiger charge is 2.53. The molecule has 4 heterocycles. The second-order valence-corrected chi connectivity index (χ2v) is 15.1. The van der Waals surface area contributed by atoms with E-state index in [0.29, 0.717) is 39.6 Å². The van der Waals surface area contributed by atoms with Crippen LogP contribution in [0.5, 0.6) is 0 Å². The van der Waals surface area contributed by atoms with E-state index in [4.69, 9.17) is 60.2 Å². The summed E-state index contributed by atoms with van der Waals surface area (Å²) in [5.74, 6) is 0. The molecule has 4 aliphatic rings. The van der Waals surface area contributed by atoms with Crippen molar-refractivity contribution in [2.45, 2.75) is 52.1 Å². The van der Waals surface area contributed by atoms with Crippen molar-refractivity contribution in [3.63, 3.8) is 0 Å². The van der Waals surface area contributed by atoms with Gasteiger partial charge in [0.2, 0.25) is 0 Å². The molecular weight excluding hydrogens is 446 g/mol. The molecule has 4 rings (SSSR count). The number of hydrogen-bond donors (Lipinski definition) is 0. The summed E-state index contributed by atoms with van der Waals surface area (Å²) in [5.41, 5.74) is -0.140. The Morgan fingerprint density at radius 3 is 1.32 bits per heavy atom. The van der Waals surface area contributed by atoms with Crippen molar-refractivity contribution in [1.82, 2.24) is 0 Å². The molecule has 28 heavy (non-hydrogen) atoms. The quantitative estimate of drug-likeness (QED) is 0.568. The average molecular weight is 474 g/mol. The summed E-state index contributed by atoms with van der Waals surface area (Å²) < 4.78 is 46.9. The summed E-state index contributed by atoms with van der Waals surface area (Å²) in [7, 11) is 0. The van der Waals surface area contributed by atoms with Gasteiger partial charge in [0.05, 0.1) is 39.6 Å². The van der Waals surface area contributed by atoms with Crippen LogP contribution in [0.1, 0.15) is 27.7 Å². The molecule has 12 heteroatoms. The molecule has 162 valence electrons. The molecule has 0 bridgehead atoms. The molecule has 2 unspecified atom stereocenters. The van der Waals surface area contributed by atoms with Gasteiger partial charge in [-0.3, -0.25) is 0 Å². The van der Waals surface area contributed by atoms with Crippen molar-refractivity contribution in [3.05, 3.63) is 0 Å². The average Bonchev–Trinajstić information content (AvgIpc) is 3.18. The van der Waals surface area contributed by atoms with Gasteiger partial charge in [-0.05, 0) is 23.6 Å². The Bertz CT molecular complexity index is 616. The minimum absolute atomic E-state index is 0.0702. The molecule has 4 atom stereocenters. The van der Waals surface area contributed by atoms with E-state index in [1.54, 1.807) is 0 Å². The van der Waals surface area contributed by atoms with E-state index < -0.39 is 13.4 Å². The maximum Gasteiger partial charge on any atom is 0.327 e. The minimum atomic E-state index is -2.80. The van der Waals surface area contributed by atoms with Gasteiger partial charge in [-0.2, -0.15) is 0 Å². The molecule has 0 amide bonds. The summed E-state index contributed by atoms with van der Waals surface area (Å²) in [6, 6.07) is 0. The normalized spacial score (nSPS) is 40.9. The lowest BCUT2D eigenvalue weighted by Gasteiger charge is -2.37. The third-order valence-electron chi connectivity index (χ3n) is 4.95. The van der Waals surface area contributed by atoms with Crippen molar-refractivity contribution < 1.29 is 36.6 Å². The van der Waals surface area contributed by atoms with E-state index in [9.17, 15) is 0 Å². The Balaban J connectivity index is 1.34. The smallest absolute Gasteiger partial charge is 0.327 e. The van der Waals surface area contributed by atoms with Crippen molar-refractivity contribution in [2.24, 2.45) is 10.8 Å².